The fourth-order valence-electron chi connectivity index (χ4n) is 2.54. The van der Waals surface area contributed by atoms with Crippen LogP contribution in [0.25, 0.3) is 0 Å². The molecule has 0 aromatic rings. The van der Waals surface area contributed by atoms with Gasteiger partial charge >= 0.3 is 0 Å². The molecule has 0 aromatic carbocycles. The van der Waals surface area contributed by atoms with Crippen molar-refractivity contribution in [3.8, 4) is 0 Å². The van der Waals surface area contributed by atoms with Crippen LogP contribution >= 0.6 is 11.8 Å². The maximum Gasteiger partial charge on any atom is 0.0724 e. The highest BCUT2D eigenvalue weighted by molar-refractivity contribution is 7.99. The van der Waals surface area contributed by atoms with E-state index < -0.39 is 0 Å². The first-order chi connectivity index (χ1) is 6.90. The van der Waals surface area contributed by atoms with Crippen LogP contribution < -0.4 is 5.32 Å². The van der Waals surface area contributed by atoms with E-state index in [4.69, 9.17) is 4.74 Å². The van der Waals surface area contributed by atoms with E-state index in [1.807, 2.05) is 7.11 Å². The van der Waals surface area contributed by atoms with E-state index in [-0.39, 0.29) is 0 Å². The Morgan fingerprint density at radius 3 is 2.79 bits per heavy atom. The lowest BCUT2D eigenvalue weighted by Gasteiger charge is -2.33. The van der Waals surface area contributed by atoms with Crippen molar-refractivity contribution >= 4 is 11.8 Å². The molecule has 1 heterocycles. The Morgan fingerprint density at radius 2 is 2.07 bits per heavy atom. The van der Waals surface area contributed by atoms with Gasteiger partial charge in [0.1, 0.15) is 0 Å². The molecule has 1 saturated heterocycles. The van der Waals surface area contributed by atoms with Gasteiger partial charge in [-0.15, -0.1) is 0 Å². The fourth-order valence-corrected chi connectivity index (χ4v) is 3.70. The van der Waals surface area contributed by atoms with E-state index in [9.17, 15) is 0 Å². The van der Waals surface area contributed by atoms with Crippen molar-refractivity contribution in [2.24, 2.45) is 0 Å². The zero-order valence-electron chi connectivity index (χ0n) is 9.00. The highest BCUT2D eigenvalue weighted by atomic mass is 32.2. The average Bonchev–Trinajstić information content (AvgIpc) is 2.71. The summed E-state index contributed by atoms with van der Waals surface area (Å²) in [5.74, 6) is 2.63. The molecule has 2 rings (SSSR count). The van der Waals surface area contributed by atoms with Gasteiger partial charge in [0.05, 0.1) is 6.10 Å². The predicted molar refractivity (Wildman–Crippen MR) is 61.9 cm³/mol. The molecule has 1 aliphatic heterocycles. The van der Waals surface area contributed by atoms with Gasteiger partial charge in [0.25, 0.3) is 0 Å². The molecule has 1 N–H and O–H groups in total. The zero-order chi connectivity index (χ0) is 9.80. The number of thioether (sulfide) groups is 1. The second-order valence-corrected chi connectivity index (χ2v) is 5.54. The molecule has 0 aromatic heterocycles. The summed E-state index contributed by atoms with van der Waals surface area (Å²) in [5, 5.41) is 3.77. The predicted octanol–water partition coefficient (Wildman–Crippen LogP) is 2.04. The minimum absolute atomic E-state index is 0.467. The number of hydrogen-bond acceptors (Lipinski definition) is 3. The average molecular weight is 215 g/mol. The van der Waals surface area contributed by atoms with Gasteiger partial charge in [-0.1, -0.05) is 12.8 Å². The van der Waals surface area contributed by atoms with Crippen molar-refractivity contribution in [3.63, 3.8) is 0 Å². The van der Waals surface area contributed by atoms with Gasteiger partial charge in [0.15, 0.2) is 0 Å². The summed E-state index contributed by atoms with van der Waals surface area (Å²) in [6, 6.07) is 1.37. The molecule has 1 aliphatic carbocycles. The molecule has 2 nitrogen and oxygen atoms in total. The first kappa shape index (κ1) is 10.8. The Hall–Kier alpha value is 0.270. The molecular weight excluding hydrogens is 194 g/mol. The fraction of sp³-hybridized carbons (Fsp3) is 1.00. The van der Waals surface area contributed by atoms with E-state index in [0.717, 1.165) is 6.04 Å². The van der Waals surface area contributed by atoms with Crippen molar-refractivity contribution in [3.05, 3.63) is 0 Å². The Labute approximate surface area is 91.2 Å². The van der Waals surface area contributed by atoms with Crippen molar-refractivity contribution in [2.45, 2.75) is 50.3 Å². The van der Waals surface area contributed by atoms with E-state index in [0.29, 0.717) is 12.1 Å². The van der Waals surface area contributed by atoms with Gasteiger partial charge in [-0.05, 0) is 25.0 Å². The van der Waals surface area contributed by atoms with Crippen LogP contribution in [0.3, 0.4) is 0 Å². The van der Waals surface area contributed by atoms with Crippen LogP contribution in [0.2, 0.25) is 0 Å². The molecule has 2 aliphatic rings. The van der Waals surface area contributed by atoms with Crippen LogP contribution in [0.1, 0.15) is 32.1 Å². The molecule has 0 spiro atoms. The van der Waals surface area contributed by atoms with Crippen molar-refractivity contribution < 1.29 is 4.74 Å². The largest absolute Gasteiger partial charge is 0.380 e. The maximum absolute atomic E-state index is 5.54. The van der Waals surface area contributed by atoms with Crippen molar-refractivity contribution in [1.29, 1.82) is 0 Å². The van der Waals surface area contributed by atoms with E-state index in [2.05, 4.69) is 17.1 Å². The third kappa shape index (κ3) is 2.65. The molecule has 82 valence electrons. The zero-order valence-corrected chi connectivity index (χ0v) is 9.81. The van der Waals surface area contributed by atoms with E-state index in [1.54, 1.807) is 0 Å². The Bertz CT molecular complexity index is 171. The van der Waals surface area contributed by atoms with Crippen LogP contribution in [-0.2, 0) is 4.74 Å². The summed E-state index contributed by atoms with van der Waals surface area (Å²) in [6.07, 6.45) is 7.08. The smallest absolute Gasteiger partial charge is 0.0724 e. The van der Waals surface area contributed by atoms with E-state index >= 15 is 0 Å². The molecule has 0 unspecified atom stereocenters. The van der Waals surface area contributed by atoms with Crippen LogP contribution in [0.4, 0.5) is 0 Å². The normalized spacial score (nSPS) is 38.8. The van der Waals surface area contributed by atoms with Gasteiger partial charge < -0.3 is 10.1 Å². The quantitative estimate of drug-likeness (QED) is 0.778. The number of hydrogen-bond donors (Lipinski definition) is 1. The molecule has 1 saturated carbocycles. The second kappa shape index (κ2) is 5.38. The van der Waals surface area contributed by atoms with Gasteiger partial charge in [0, 0.05) is 24.9 Å². The van der Waals surface area contributed by atoms with Gasteiger partial charge in [-0.3, -0.25) is 0 Å². The summed E-state index contributed by atoms with van der Waals surface area (Å²) < 4.78 is 5.54. The molecule has 14 heavy (non-hydrogen) atoms. The Kier molecular flexibility index (Phi) is 4.14. The van der Waals surface area contributed by atoms with Gasteiger partial charge in [-0.2, -0.15) is 11.8 Å². The van der Waals surface area contributed by atoms with Crippen molar-refractivity contribution in [1.82, 2.24) is 5.32 Å². The van der Waals surface area contributed by atoms with Gasteiger partial charge in [-0.25, -0.2) is 0 Å². The minimum Gasteiger partial charge on any atom is -0.380 e. The SMILES string of the molecule is CO[C@@H]1CCCC[C@H]1N[C@H]1CCSC1. The third-order valence-electron chi connectivity index (χ3n) is 3.38. The lowest BCUT2D eigenvalue weighted by molar-refractivity contribution is 0.0387. The first-order valence-electron chi connectivity index (χ1n) is 5.76. The number of rotatable bonds is 3. The molecule has 3 atom stereocenters. The summed E-state index contributed by atoms with van der Waals surface area (Å²) in [5.41, 5.74) is 0. The summed E-state index contributed by atoms with van der Waals surface area (Å²) in [7, 11) is 1.86. The minimum atomic E-state index is 0.467. The highest BCUT2D eigenvalue weighted by Gasteiger charge is 2.27. The molecular formula is C11H21NOS. The summed E-state index contributed by atoms with van der Waals surface area (Å²) in [6.45, 7) is 0. The molecule has 0 amide bonds. The molecule has 3 heteroatoms. The maximum atomic E-state index is 5.54. The second-order valence-electron chi connectivity index (χ2n) is 4.39. The topological polar surface area (TPSA) is 21.3 Å². The van der Waals surface area contributed by atoms with E-state index in [1.165, 1.54) is 43.6 Å². The molecule has 0 radical (unpaired) electrons. The van der Waals surface area contributed by atoms with Gasteiger partial charge in [0.2, 0.25) is 0 Å². The number of ether oxygens (including phenoxy) is 1. The summed E-state index contributed by atoms with van der Waals surface area (Å²) >= 11 is 2.08. The standard InChI is InChI=1S/C11H21NOS/c1-13-11-5-3-2-4-10(11)12-9-6-7-14-8-9/h9-12H,2-8H2,1H3/t9-,10+,11+/m0/s1. The Morgan fingerprint density at radius 1 is 1.21 bits per heavy atom. The van der Waals surface area contributed by atoms with Crippen molar-refractivity contribution in [2.75, 3.05) is 18.6 Å². The summed E-state index contributed by atoms with van der Waals surface area (Å²) in [4.78, 5) is 0. The lowest BCUT2D eigenvalue weighted by atomic mass is 9.92. The molecule has 2 fully saturated rings. The number of methoxy groups -OCH3 is 1. The highest BCUT2D eigenvalue weighted by Crippen LogP contribution is 2.24. The van der Waals surface area contributed by atoms with Crippen LogP contribution in [0, 0.1) is 0 Å². The lowest BCUT2D eigenvalue weighted by Crippen LogP contribution is -2.47. The molecule has 0 bridgehead atoms. The Balaban J connectivity index is 1.81. The van der Waals surface area contributed by atoms with Crippen LogP contribution in [0.15, 0.2) is 0 Å². The monoisotopic (exact) mass is 215 g/mol. The third-order valence-corrected chi connectivity index (χ3v) is 4.55. The first-order valence-corrected chi connectivity index (χ1v) is 6.92. The number of nitrogens with one attached hydrogen (secondary N) is 1. The van der Waals surface area contributed by atoms with Crippen LogP contribution in [-0.4, -0.2) is 36.8 Å². The van der Waals surface area contributed by atoms with Crippen LogP contribution in [0.5, 0.6) is 0 Å².